The van der Waals surface area contributed by atoms with Crippen LogP contribution in [0.4, 0.5) is 4.39 Å². The fraction of sp³-hybridized carbons (Fsp3) is 0.130. The number of nitrogens with zero attached hydrogens (tertiary/aromatic N) is 2. The monoisotopic (exact) mass is 450 g/mol. The highest BCUT2D eigenvalue weighted by Crippen LogP contribution is 2.32. The van der Waals surface area contributed by atoms with Crippen LogP contribution in [0.1, 0.15) is 26.5 Å². The van der Waals surface area contributed by atoms with Crippen LogP contribution >= 0.6 is 11.3 Å². The zero-order valence-corrected chi connectivity index (χ0v) is 17.9. The van der Waals surface area contributed by atoms with Crippen LogP contribution in [0.2, 0.25) is 0 Å². The van der Waals surface area contributed by atoms with Crippen LogP contribution in [0, 0.1) is 12.7 Å². The van der Waals surface area contributed by atoms with Gasteiger partial charge in [-0.3, -0.25) is 14.6 Å². The van der Waals surface area contributed by atoms with Crippen molar-refractivity contribution < 1.29 is 13.9 Å². The quantitative estimate of drug-likeness (QED) is 0.446. The first kappa shape index (κ1) is 21.4. The topological polar surface area (TPSA) is 97.0 Å². The summed E-state index contributed by atoms with van der Waals surface area (Å²) in [5.41, 5.74) is 2.01. The normalized spacial score (nSPS) is 10.7. The van der Waals surface area contributed by atoms with Crippen molar-refractivity contribution in [1.82, 2.24) is 20.3 Å². The molecule has 32 heavy (non-hydrogen) atoms. The molecule has 0 unspecified atom stereocenters. The molecule has 0 saturated heterocycles. The molecule has 0 spiro atoms. The molecule has 0 radical (unpaired) electrons. The van der Waals surface area contributed by atoms with Gasteiger partial charge in [0.2, 0.25) is 0 Å². The summed E-state index contributed by atoms with van der Waals surface area (Å²) in [5, 5.41) is 3.22. The lowest BCUT2D eigenvalue weighted by molar-refractivity contribution is 0.0954. The molecule has 0 fully saturated rings. The summed E-state index contributed by atoms with van der Waals surface area (Å²) in [4.78, 5) is 36.8. The smallest absolute Gasteiger partial charge is 0.263 e. The van der Waals surface area contributed by atoms with Gasteiger partial charge in [-0.25, -0.2) is 9.37 Å². The van der Waals surface area contributed by atoms with E-state index in [-0.39, 0.29) is 29.5 Å². The summed E-state index contributed by atoms with van der Waals surface area (Å²) < 4.78 is 18.9. The summed E-state index contributed by atoms with van der Waals surface area (Å²) >= 11 is 1.12. The highest BCUT2D eigenvalue weighted by molar-refractivity contribution is 7.17. The van der Waals surface area contributed by atoms with Gasteiger partial charge in [0.25, 0.3) is 11.5 Å². The minimum absolute atomic E-state index is 0.152. The van der Waals surface area contributed by atoms with E-state index in [1.807, 2.05) is 6.07 Å². The van der Waals surface area contributed by atoms with Gasteiger partial charge in [-0.05, 0) is 42.3 Å². The summed E-state index contributed by atoms with van der Waals surface area (Å²) in [6.45, 7) is 2.20. The van der Waals surface area contributed by atoms with Crippen molar-refractivity contribution in [2.45, 2.75) is 20.1 Å². The number of pyridine rings is 2. The third kappa shape index (κ3) is 4.89. The van der Waals surface area contributed by atoms with E-state index in [0.717, 1.165) is 22.5 Å². The number of nitrogens with one attached hydrogen (secondary N) is 2. The summed E-state index contributed by atoms with van der Waals surface area (Å²) in [6.07, 6.45) is 4.82. The number of carbonyl (C=O) groups excluding carboxylic acids is 1. The lowest BCUT2D eigenvalue weighted by Crippen LogP contribution is -2.22. The number of aromatic amines is 1. The number of halogens is 1. The molecule has 4 aromatic rings. The van der Waals surface area contributed by atoms with Crippen molar-refractivity contribution in [2.75, 3.05) is 0 Å². The molecular formula is C23H19FN4O3S. The molecule has 162 valence electrons. The average Bonchev–Trinajstić information content (AvgIpc) is 3.19. The minimum atomic E-state index is -0.377. The first-order valence-electron chi connectivity index (χ1n) is 9.75. The molecule has 0 atom stereocenters. The molecule has 0 aliphatic rings. The molecule has 0 aliphatic heterocycles. The van der Waals surface area contributed by atoms with Crippen molar-refractivity contribution >= 4 is 17.2 Å². The van der Waals surface area contributed by atoms with Crippen LogP contribution in [-0.4, -0.2) is 20.9 Å². The Labute approximate surface area is 187 Å². The summed E-state index contributed by atoms with van der Waals surface area (Å²) in [5.74, 6) is -0.288. The van der Waals surface area contributed by atoms with Crippen LogP contribution in [0.5, 0.6) is 5.75 Å². The molecule has 1 amide bonds. The first-order chi connectivity index (χ1) is 15.5. The van der Waals surface area contributed by atoms with E-state index in [1.54, 1.807) is 43.6 Å². The molecule has 2 N–H and O–H groups in total. The van der Waals surface area contributed by atoms with E-state index in [2.05, 4.69) is 20.3 Å². The van der Waals surface area contributed by atoms with Crippen LogP contribution in [0.15, 0.2) is 65.8 Å². The van der Waals surface area contributed by atoms with Crippen molar-refractivity contribution in [3.8, 4) is 16.3 Å². The van der Waals surface area contributed by atoms with Crippen LogP contribution in [0.3, 0.4) is 0 Å². The zero-order valence-electron chi connectivity index (χ0n) is 17.1. The summed E-state index contributed by atoms with van der Waals surface area (Å²) in [6, 6.07) is 11.2. The number of H-pyrrole nitrogens is 1. The van der Waals surface area contributed by atoms with Crippen molar-refractivity contribution in [2.24, 2.45) is 0 Å². The standard InChI is InChI=1S/C23H19FN4O3S/c1-14-20(22(30)27-12-16-3-2-9-25-11-16)32-23(28-14)19-18(8-10-26-21(19)29)31-13-15-4-6-17(24)7-5-15/h2-11H,12-13H2,1H3,(H,26,29)(H,27,30). The maximum atomic E-state index is 13.1. The van der Waals surface area contributed by atoms with Crippen LogP contribution in [0.25, 0.3) is 10.6 Å². The Bertz CT molecular complexity index is 1290. The van der Waals surface area contributed by atoms with Crippen molar-refractivity contribution in [3.05, 3.63) is 98.9 Å². The van der Waals surface area contributed by atoms with E-state index >= 15 is 0 Å². The Morgan fingerprint density at radius 2 is 2.00 bits per heavy atom. The number of amides is 1. The third-order valence-electron chi connectivity index (χ3n) is 4.62. The van der Waals surface area contributed by atoms with Crippen molar-refractivity contribution in [3.63, 3.8) is 0 Å². The molecule has 0 saturated carbocycles. The second-order valence-corrected chi connectivity index (χ2v) is 7.94. The number of aromatic nitrogens is 3. The van der Waals surface area contributed by atoms with Gasteiger partial charge in [-0.1, -0.05) is 18.2 Å². The van der Waals surface area contributed by atoms with Crippen molar-refractivity contribution in [1.29, 1.82) is 0 Å². The number of thiazole rings is 1. The average molecular weight is 450 g/mol. The Hall–Kier alpha value is -3.85. The molecule has 7 nitrogen and oxygen atoms in total. The molecule has 0 bridgehead atoms. The first-order valence-corrected chi connectivity index (χ1v) is 10.6. The van der Waals surface area contributed by atoms with Gasteiger partial charge in [0.15, 0.2) is 0 Å². The van der Waals surface area contributed by atoms with E-state index < -0.39 is 0 Å². The Morgan fingerprint density at radius 3 is 2.75 bits per heavy atom. The molecule has 4 rings (SSSR count). The Balaban J connectivity index is 1.55. The van der Waals surface area contributed by atoms with Gasteiger partial charge < -0.3 is 15.0 Å². The SMILES string of the molecule is Cc1nc(-c2c(OCc3ccc(F)cc3)cc[nH]c2=O)sc1C(=O)NCc1cccnc1. The predicted molar refractivity (Wildman–Crippen MR) is 119 cm³/mol. The maximum Gasteiger partial charge on any atom is 0.263 e. The zero-order chi connectivity index (χ0) is 22.5. The maximum absolute atomic E-state index is 13.1. The molecule has 9 heteroatoms. The van der Waals surface area contributed by atoms with Crippen LogP contribution in [-0.2, 0) is 13.2 Å². The van der Waals surface area contributed by atoms with Gasteiger partial charge in [-0.2, -0.15) is 0 Å². The van der Waals surface area contributed by atoms with Gasteiger partial charge >= 0.3 is 0 Å². The molecule has 3 heterocycles. The minimum Gasteiger partial charge on any atom is -0.488 e. The number of ether oxygens (including phenoxy) is 1. The molecular weight excluding hydrogens is 431 g/mol. The van der Waals surface area contributed by atoms with E-state index in [0.29, 0.717) is 27.9 Å². The van der Waals surface area contributed by atoms with Gasteiger partial charge in [0.05, 0.1) is 5.69 Å². The number of aryl methyl sites for hydroxylation is 1. The second-order valence-electron chi connectivity index (χ2n) is 6.94. The number of hydrogen-bond donors (Lipinski definition) is 2. The van der Waals surface area contributed by atoms with Gasteiger partial charge in [0, 0.05) is 25.1 Å². The largest absolute Gasteiger partial charge is 0.488 e. The van der Waals surface area contributed by atoms with E-state index in [1.165, 1.54) is 18.3 Å². The molecule has 3 aromatic heterocycles. The second kappa shape index (κ2) is 9.52. The van der Waals surface area contributed by atoms with E-state index in [9.17, 15) is 14.0 Å². The number of rotatable bonds is 7. The summed E-state index contributed by atoms with van der Waals surface area (Å²) in [7, 11) is 0. The highest BCUT2D eigenvalue weighted by Gasteiger charge is 2.21. The number of hydrogen-bond acceptors (Lipinski definition) is 6. The lowest BCUT2D eigenvalue weighted by Gasteiger charge is -2.09. The molecule has 0 aliphatic carbocycles. The third-order valence-corrected chi connectivity index (χ3v) is 5.80. The number of benzene rings is 1. The Kier molecular flexibility index (Phi) is 6.37. The predicted octanol–water partition coefficient (Wildman–Crippen LogP) is 3.85. The lowest BCUT2D eigenvalue weighted by atomic mass is 10.2. The molecule has 1 aromatic carbocycles. The van der Waals surface area contributed by atoms with Gasteiger partial charge in [0.1, 0.15) is 33.6 Å². The van der Waals surface area contributed by atoms with Gasteiger partial charge in [-0.15, -0.1) is 11.3 Å². The number of carbonyl (C=O) groups is 1. The Morgan fingerprint density at radius 1 is 1.19 bits per heavy atom. The van der Waals surface area contributed by atoms with E-state index in [4.69, 9.17) is 4.74 Å². The fourth-order valence-electron chi connectivity index (χ4n) is 3.00. The van der Waals surface area contributed by atoms with Crippen LogP contribution < -0.4 is 15.6 Å². The highest BCUT2D eigenvalue weighted by atomic mass is 32.1. The fourth-order valence-corrected chi connectivity index (χ4v) is 4.03.